The first-order valence-corrected chi connectivity index (χ1v) is 9.78. The number of imidazole rings is 1. The Kier molecular flexibility index (Phi) is 6.21. The summed E-state index contributed by atoms with van der Waals surface area (Å²) in [7, 11) is 1.51. The van der Waals surface area contributed by atoms with Gasteiger partial charge in [-0.15, -0.1) is 0 Å². The minimum atomic E-state index is -0.992. The molecular weight excluding hydrogens is 394 g/mol. The number of aromatic nitrogens is 2. The van der Waals surface area contributed by atoms with Crippen LogP contribution in [0.25, 0.3) is 11.4 Å². The Morgan fingerprint density at radius 1 is 1.20 bits per heavy atom. The van der Waals surface area contributed by atoms with Crippen LogP contribution in [0.15, 0.2) is 18.2 Å². The smallest absolute Gasteiger partial charge is 0.272 e. The molecule has 1 atom stereocenters. The number of hydrogen-bond acceptors (Lipinski definition) is 4. The molecule has 2 aromatic rings. The van der Waals surface area contributed by atoms with Crippen LogP contribution in [0.2, 0.25) is 0 Å². The maximum absolute atomic E-state index is 13.8. The van der Waals surface area contributed by atoms with Gasteiger partial charge >= 0.3 is 0 Å². The number of benzene rings is 1. The first kappa shape index (κ1) is 21.9. The molecule has 30 heavy (non-hydrogen) atoms. The number of carbonyl (C=O) groups is 2. The molecular formula is C21H26F2N4O3. The number of halogens is 2. The number of fused-ring (bicyclic) bond motifs is 1. The van der Waals surface area contributed by atoms with Gasteiger partial charge in [-0.1, -0.05) is 20.8 Å². The Morgan fingerprint density at radius 3 is 2.57 bits per heavy atom. The van der Waals surface area contributed by atoms with E-state index < -0.39 is 29.0 Å². The first-order chi connectivity index (χ1) is 14.1. The molecule has 0 unspecified atom stereocenters. The molecule has 9 heteroatoms. The average Bonchev–Trinajstić information content (AvgIpc) is 2.88. The van der Waals surface area contributed by atoms with E-state index in [0.717, 1.165) is 12.1 Å². The fourth-order valence-corrected chi connectivity index (χ4v) is 3.46. The van der Waals surface area contributed by atoms with E-state index in [1.54, 1.807) is 4.57 Å². The summed E-state index contributed by atoms with van der Waals surface area (Å²) < 4.78 is 34.5. The van der Waals surface area contributed by atoms with Gasteiger partial charge in [0.05, 0.1) is 18.9 Å². The number of amides is 2. The molecule has 1 aliphatic rings. The molecule has 3 rings (SSSR count). The second-order valence-corrected chi connectivity index (χ2v) is 8.26. The Hall–Kier alpha value is -2.81. The number of nitrogens with one attached hydrogen (secondary N) is 2. The highest BCUT2D eigenvalue weighted by Gasteiger charge is 2.34. The Balaban J connectivity index is 2.04. The topological polar surface area (TPSA) is 85.3 Å². The van der Waals surface area contributed by atoms with Gasteiger partial charge in [-0.25, -0.2) is 13.8 Å². The first-order valence-electron chi connectivity index (χ1n) is 9.78. The third-order valence-electron chi connectivity index (χ3n) is 5.06. The van der Waals surface area contributed by atoms with E-state index in [4.69, 9.17) is 4.74 Å². The Labute approximate surface area is 173 Å². The lowest BCUT2D eigenvalue weighted by atomic mass is 9.86. The van der Waals surface area contributed by atoms with E-state index >= 15 is 0 Å². The molecule has 0 bridgehead atoms. The van der Waals surface area contributed by atoms with Gasteiger partial charge in [-0.2, -0.15) is 0 Å². The standard InChI is InChI=1S/C21H26F2N4O3/c1-21(2,3)17(20(29)24-4)26-19(28)16-15-7-9-30-10-8-27(15)18(25-16)12-5-6-13(22)14(23)11-12/h5-6,11,17H,7-10H2,1-4H3,(H,24,29)(H,26,28)/t17-/m1/s1. The van der Waals surface area contributed by atoms with Crippen LogP contribution in [0.4, 0.5) is 8.78 Å². The van der Waals surface area contributed by atoms with Crippen LogP contribution in [0.5, 0.6) is 0 Å². The molecule has 0 radical (unpaired) electrons. The predicted octanol–water partition coefficient (Wildman–Crippen LogP) is 2.29. The van der Waals surface area contributed by atoms with Crippen LogP contribution in [-0.2, 0) is 22.5 Å². The van der Waals surface area contributed by atoms with Crippen molar-refractivity contribution in [3.63, 3.8) is 0 Å². The van der Waals surface area contributed by atoms with Gasteiger partial charge in [-0.3, -0.25) is 9.59 Å². The maximum Gasteiger partial charge on any atom is 0.272 e. The monoisotopic (exact) mass is 420 g/mol. The number of likely N-dealkylation sites (N-methyl/N-ethyl adjacent to an activating group) is 1. The van der Waals surface area contributed by atoms with Gasteiger partial charge in [-0.05, 0) is 23.6 Å². The van der Waals surface area contributed by atoms with Gasteiger partial charge < -0.3 is 19.9 Å². The van der Waals surface area contributed by atoms with Crippen molar-refractivity contribution in [2.24, 2.45) is 5.41 Å². The molecule has 0 saturated heterocycles. The number of rotatable bonds is 4. The predicted molar refractivity (Wildman–Crippen MR) is 107 cm³/mol. The van der Waals surface area contributed by atoms with Crippen molar-refractivity contribution < 1.29 is 23.1 Å². The zero-order chi connectivity index (χ0) is 22.1. The molecule has 0 aliphatic carbocycles. The summed E-state index contributed by atoms with van der Waals surface area (Å²) in [6.07, 6.45) is 0.430. The minimum Gasteiger partial charge on any atom is -0.379 e. The van der Waals surface area contributed by atoms with Gasteiger partial charge in [0, 0.05) is 25.6 Å². The molecule has 0 saturated carbocycles. The summed E-state index contributed by atoms with van der Waals surface area (Å²) in [6.45, 7) is 6.78. The van der Waals surface area contributed by atoms with Crippen molar-refractivity contribution >= 4 is 11.8 Å². The summed E-state index contributed by atoms with van der Waals surface area (Å²) in [5.41, 5.74) is 0.612. The fraction of sp³-hybridized carbons (Fsp3) is 0.476. The van der Waals surface area contributed by atoms with Gasteiger partial charge in [0.1, 0.15) is 17.6 Å². The van der Waals surface area contributed by atoms with Crippen molar-refractivity contribution in [1.29, 1.82) is 0 Å². The van der Waals surface area contributed by atoms with Crippen molar-refractivity contribution in [3.05, 3.63) is 41.2 Å². The number of nitrogens with zero attached hydrogens (tertiary/aromatic N) is 2. The molecule has 2 amide bonds. The van der Waals surface area contributed by atoms with Crippen molar-refractivity contribution in [2.45, 2.75) is 39.8 Å². The number of hydrogen-bond donors (Lipinski definition) is 2. The number of carbonyl (C=O) groups excluding carboxylic acids is 2. The lowest BCUT2D eigenvalue weighted by Crippen LogP contribution is -2.53. The van der Waals surface area contributed by atoms with Gasteiger partial charge in [0.25, 0.3) is 5.91 Å². The minimum absolute atomic E-state index is 0.151. The second-order valence-electron chi connectivity index (χ2n) is 8.26. The Morgan fingerprint density at radius 2 is 1.93 bits per heavy atom. The SMILES string of the molecule is CNC(=O)[C@@H](NC(=O)c1nc(-c2ccc(F)c(F)c2)n2c1CCOCC2)C(C)(C)C. The normalized spacial score (nSPS) is 15.1. The van der Waals surface area contributed by atoms with Gasteiger partial charge in [0.2, 0.25) is 5.91 Å². The molecule has 2 heterocycles. The lowest BCUT2D eigenvalue weighted by molar-refractivity contribution is -0.124. The van der Waals surface area contributed by atoms with E-state index in [0.29, 0.717) is 43.3 Å². The van der Waals surface area contributed by atoms with Crippen LogP contribution in [0.1, 0.15) is 37.0 Å². The lowest BCUT2D eigenvalue weighted by Gasteiger charge is -2.29. The van der Waals surface area contributed by atoms with E-state index in [-0.39, 0.29) is 11.6 Å². The highest BCUT2D eigenvalue weighted by molar-refractivity contribution is 5.97. The quantitative estimate of drug-likeness (QED) is 0.795. The maximum atomic E-state index is 13.8. The third-order valence-corrected chi connectivity index (χ3v) is 5.06. The second kappa shape index (κ2) is 8.51. The van der Waals surface area contributed by atoms with Crippen molar-refractivity contribution in [3.8, 4) is 11.4 Å². The largest absolute Gasteiger partial charge is 0.379 e. The fourth-order valence-electron chi connectivity index (χ4n) is 3.46. The van der Waals surface area contributed by atoms with Crippen molar-refractivity contribution in [2.75, 3.05) is 20.3 Å². The summed E-state index contributed by atoms with van der Waals surface area (Å²) >= 11 is 0. The highest BCUT2D eigenvalue weighted by Crippen LogP contribution is 2.27. The summed E-state index contributed by atoms with van der Waals surface area (Å²) in [6, 6.07) is 2.73. The Bertz CT molecular complexity index is 966. The van der Waals surface area contributed by atoms with E-state index in [2.05, 4.69) is 15.6 Å². The van der Waals surface area contributed by atoms with Crippen LogP contribution >= 0.6 is 0 Å². The van der Waals surface area contributed by atoms with Crippen molar-refractivity contribution in [1.82, 2.24) is 20.2 Å². The molecule has 1 aromatic heterocycles. The summed E-state index contributed by atoms with van der Waals surface area (Å²) in [4.78, 5) is 29.9. The van der Waals surface area contributed by atoms with Crippen LogP contribution < -0.4 is 10.6 Å². The molecule has 0 fully saturated rings. The number of ether oxygens (including phenoxy) is 1. The molecule has 7 nitrogen and oxygen atoms in total. The average molecular weight is 420 g/mol. The summed E-state index contributed by atoms with van der Waals surface area (Å²) in [5, 5.41) is 5.34. The van der Waals surface area contributed by atoms with Crippen LogP contribution in [-0.4, -0.2) is 47.7 Å². The molecule has 1 aliphatic heterocycles. The zero-order valence-corrected chi connectivity index (χ0v) is 17.5. The zero-order valence-electron chi connectivity index (χ0n) is 17.5. The third kappa shape index (κ3) is 4.35. The van der Waals surface area contributed by atoms with E-state index in [1.165, 1.54) is 13.1 Å². The van der Waals surface area contributed by atoms with Gasteiger partial charge in [0.15, 0.2) is 11.6 Å². The van der Waals surface area contributed by atoms with Crippen LogP contribution in [0.3, 0.4) is 0 Å². The molecule has 2 N–H and O–H groups in total. The van der Waals surface area contributed by atoms with Crippen LogP contribution in [0, 0.1) is 17.0 Å². The molecule has 0 spiro atoms. The molecule has 1 aromatic carbocycles. The van der Waals surface area contributed by atoms with E-state index in [9.17, 15) is 18.4 Å². The molecule has 162 valence electrons. The van der Waals surface area contributed by atoms with E-state index in [1.807, 2.05) is 20.8 Å². The highest BCUT2D eigenvalue weighted by atomic mass is 19.2. The summed E-state index contributed by atoms with van der Waals surface area (Å²) in [5.74, 6) is -2.41.